The molecule has 3 heterocycles. The number of rotatable bonds is 5. The first kappa shape index (κ1) is 21.5. The third-order valence-corrected chi connectivity index (χ3v) is 5.61. The number of aromatic nitrogens is 1. The number of ether oxygens (including phenoxy) is 2. The molecular weight excluding hydrogens is 425 g/mol. The highest BCUT2D eigenvalue weighted by Crippen LogP contribution is 2.35. The van der Waals surface area contributed by atoms with E-state index in [0.29, 0.717) is 30.9 Å². The molecule has 164 valence electrons. The molecule has 2 aliphatic heterocycles. The molecule has 0 spiro atoms. The highest BCUT2D eigenvalue weighted by molar-refractivity contribution is 6.29. The summed E-state index contributed by atoms with van der Waals surface area (Å²) in [5, 5.41) is 2.95. The lowest BCUT2D eigenvalue weighted by atomic mass is 10.0. The van der Waals surface area contributed by atoms with Gasteiger partial charge in [-0.3, -0.25) is 9.59 Å². The zero-order chi connectivity index (χ0) is 22.0. The second-order valence-corrected chi connectivity index (χ2v) is 7.98. The molecule has 2 aromatic rings. The minimum atomic E-state index is -0.340. The van der Waals surface area contributed by atoms with Crippen molar-refractivity contribution in [2.45, 2.75) is 31.8 Å². The number of pyridine rings is 1. The van der Waals surface area contributed by atoms with E-state index in [4.69, 9.17) is 21.1 Å². The van der Waals surface area contributed by atoms with Gasteiger partial charge in [0.05, 0.1) is 18.7 Å². The number of hydrogen-bond acceptors (Lipinski definition) is 5. The van der Waals surface area contributed by atoms with Crippen LogP contribution in [0.1, 0.15) is 35.0 Å². The zero-order valence-corrected chi connectivity index (χ0v) is 17.8. The van der Waals surface area contributed by atoms with Crippen LogP contribution in [-0.2, 0) is 16.0 Å². The van der Waals surface area contributed by atoms with Crippen molar-refractivity contribution in [3.05, 3.63) is 53.0 Å². The monoisotopic (exact) mass is 447 g/mol. The van der Waals surface area contributed by atoms with E-state index in [-0.39, 0.29) is 53.8 Å². The lowest BCUT2D eigenvalue weighted by molar-refractivity contribution is -0.117. The lowest BCUT2D eigenvalue weighted by Crippen LogP contribution is -2.46. The standard InChI is InChI=1S/C22H23ClFN3O4/c1-13-11-31-22-18(27(13)19(28)10-23)9-15(8-14-2-4-16(24)5-3-14)20(26-22)21(29)25-17-6-7-30-12-17/h2-5,9,13,17H,6-8,10-12H2,1H3,(H,25,29). The van der Waals surface area contributed by atoms with E-state index in [1.807, 2.05) is 6.92 Å². The van der Waals surface area contributed by atoms with Gasteiger partial charge in [0.1, 0.15) is 29.7 Å². The number of fused-ring (bicyclic) bond motifs is 1. The van der Waals surface area contributed by atoms with E-state index in [9.17, 15) is 14.0 Å². The van der Waals surface area contributed by atoms with Crippen molar-refractivity contribution in [2.75, 3.05) is 30.6 Å². The first-order valence-electron chi connectivity index (χ1n) is 10.1. The van der Waals surface area contributed by atoms with Crippen LogP contribution >= 0.6 is 11.6 Å². The van der Waals surface area contributed by atoms with Gasteiger partial charge in [0.15, 0.2) is 0 Å². The summed E-state index contributed by atoms with van der Waals surface area (Å²) in [5.74, 6) is -0.914. The normalized spacial score (nSPS) is 20.2. The van der Waals surface area contributed by atoms with E-state index < -0.39 is 0 Å². The Morgan fingerprint density at radius 3 is 2.74 bits per heavy atom. The van der Waals surface area contributed by atoms with Gasteiger partial charge in [0.2, 0.25) is 11.8 Å². The van der Waals surface area contributed by atoms with Crippen LogP contribution in [0, 0.1) is 5.82 Å². The molecule has 1 aromatic carbocycles. The van der Waals surface area contributed by atoms with Crippen LogP contribution in [0.4, 0.5) is 10.1 Å². The number of nitrogens with zero attached hydrogens (tertiary/aromatic N) is 2. The molecule has 7 nitrogen and oxygen atoms in total. The maximum absolute atomic E-state index is 13.3. The zero-order valence-electron chi connectivity index (χ0n) is 17.1. The van der Waals surface area contributed by atoms with Gasteiger partial charge in [0.25, 0.3) is 5.91 Å². The summed E-state index contributed by atoms with van der Waals surface area (Å²) in [6.45, 7) is 3.16. The molecule has 2 amide bonds. The molecule has 0 radical (unpaired) electrons. The van der Waals surface area contributed by atoms with Crippen LogP contribution in [0.2, 0.25) is 0 Å². The first-order valence-corrected chi connectivity index (χ1v) is 10.7. The van der Waals surface area contributed by atoms with Gasteiger partial charge in [-0.15, -0.1) is 11.6 Å². The molecule has 4 rings (SSSR count). The fourth-order valence-electron chi connectivity index (χ4n) is 3.82. The molecular formula is C22H23ClFN3O4. The third kappa shape index (κ3) is 4.65. The highest BCUT2D eigenvalue weighted by atomic mass is 35.5. The van der Waals surface area contributed by atoms with Crippen LogP contribution in [-0.4, -0.2) is 54.6 Å². The van der Waals surface area contributed by atoms with E-state index in [1.165, 1.54) is 12.1 Å². The quantitative estimate of drug-likeness (QED) is 0.713. The van der Waals surface area contributed by atoms with Crippen LogP contribution in [0.3, 0.4) is 0 Å². The molecule has 9 heteroatoms. The second kappa shape index (κ2) is 9.20. The van der Waals surface area contributed by atoms with Gasteiger partial charge < -0.3 is 19.7 Å². The number of carbonyl (C=O) groups excluding carboxylic acids is 2. The first-order chi connectivity index (χ1) is 15.0. The molecule has 31 heavy (non-hydrogen) atoms. The Hall–Kier alpha value is -2.71. The van der Waals surface area contributed by atoms with Crippen LogP contribution < -0.4 is 15.0 Å². The summed E-state index contributed by atoms with van der Waals surface area (Å²) in [4.78, 5) is 31.6. The van der Waals surface area contributed by atoms with Gasteiger partial charge >= 0.3 is 0 Å². The summed E-state index contributed by atoms with van der Waals surface area (Å²) < 4.78 is 24.4. The Morgan fingerprint density at radius 1 is 1.29 bits per heavy atom. The van der Waals surface area contributed by atoms with Gasteiger partial charge in [0, 0.05) is 6.61 Å². The Kier molecular flexibility index (Phi) is 6.38. The predicted octanol–water partition coefficient (Wildman–Crippen LogP) is 2.68. The smallest absolute Gasteiger partial charge is 0.270 e. The van der Waals surface area contributed by atoms with Gasteiger partial charge in [-0.25, -0.2) is 9.37 Å². The number of anilines is 1. The van der Waals surface area contributed by atoms with Crippen LogP contribution in [0.15, 0.2) is 30.3 Å². The molecule has 0 bridgehead atoms. The highest BCUT2D eigenvalue weighted by Gasteiger charge is 2.32. The molecule has 2 aliphatic rings. The van der Waals surface area contributed by atoms with Gasteiger partial charge in [-0.2, -0.15) is 0 Å². The molecule has 1 fully saturated rings. The number of alkyl halides is 1. The predicted molar refractivity (Wildman–Crippen MR) is 113 cm³/mol. The average Bonchev–Trinajstić information content (AvgIpc) is 3.27. The Labute approximate surface area is 184 Å². The Bertz CT molecular complexity index is 979. The minimum Gasteiger partial charge on any atom is -0.474 e. The van der Waals surface area contributed by atoms with Crippen molar-refractivity contribution in [1.82, 2.24) is 10.3 Å². The molecule has 1 aromatic heterocycles. The van der Waals surface area contributed by atoms with Crippen molar-refractivity contribution in [3.8, 4) is 5.88 Å². The minimum absolute atomic E-state index is 0.0840. The molecule has 1 N–H and O–H groups in total. The van der Waals surface area contributed by atoms with Crippen molar-refractivity contribution >= 4 is 29.1 Å². The molecule has 2 unspecified atom stereocenters. The van der Waals surface area contributed by atoms with E-state index in [0.717, 1.165) is 12.0 Å². The second-order valence-electron chi connectivity index (χ2n) is 7.71. The summed E-state index contributed by atoms with van der Waals surface area (Å²) >= 11 is 5.81. The topological polar surface area (TPSA) is 80.8 Å². The average molecular weight is 448 g/mol. The molecule has 2 atom stereocenters. The van der Waals surface area contributed by atoms with E-state index in [2.05, 4.69) is 10.3 Å². The summed E-state index contributed by atoms with van der Waals surface area (Å²) in [6, 6.07) is 7.47. The number of halogens is 2. The maximum Gasteiger partial charge on any atom is 0.270 e. The fraction of sp³-hybridized carbons (Fsp3) is 0.409. The summed E-state index contributed by atoms with van der Waals surface area (Å²) in [6.07, 6.45) is 1.07. The molecule has 0 saturated carbocycles. The number of carbonyl (C=O) groups is 2. The van der Waals surface area contributed by atoms with Crippen molar-refractivity contribution in [3.63, 3.8) is 0 Å². The Balaban J connectivity index is 1.74. The number of benzene rings is 1. The van der Waals surface area contributed by atoms with E-state index in [1.54, 1.807) is 23.1 Å². The van der Waals surface area contributed by atoms with Crippen LogP contribution in [0.25, 0.3) is 0 Å². The van der Waals surface area contributed by atoms with Gasteiger partial charge in [-0.1, -0.05) is 12.1 Å². The van der Waals surface area contributed by atoms with Crippen molar-refractivity contribution in [2.24, 2.45) is 0 Å². The van der Waals surface area contributed by atoms with Crippen molar-refractivity contribution in [1.29, 1.82) is 0 Å². The van der Waals surface area contributed by atoms with Crippen LogP contribution in [0.5, 0.6) is 5.88 Å². The lowest BCUT2D eigenvalue weighted by Gasteiger charge is -2.34. The summed E-state index contributed by atoms with van der Waals surface area (Å²) in [7, 11) is 0. The van der Waals surface area contributed by atoms with E-state index >= 15 is 0 Å². The fourth-order valence-corrected chi connectivity index (χ4v) is 3.94. The number of hydrogen-bond donors (Lipinski definition) is 1. The maximum atomic E-state index is 13.3. The molecule has 1 saturated heterocycles. The molecule has 0 aliphatic carbocycles. The SMILES string of the molecule is CC1COc2nc(C(=O)NC3CCOC3)c(Cc3ccc(F)cc3)cc2N1C(=O)CCl. The van der Waals surface area contributed by atoms with Crippen molar-refractivity contribution < 1.29 is 23.5 Å². The van der Waals surface area contributed by atoms with Gasteiger partial charge in [-0.05, 0) is 49.1 Å². The third-order valence-electron chi connectivity index (χ3n) is 5.38. The Morgan fingerprint density at radius 2 is 2.06 bits per heavy atom. The number of amides is 2. The summed E-state index contributed by atoms with van der Waals surface area (Å²) in [5.41, 5.74) is 2.10. The largest absolute Gasteiger partial charge is 0.474 e. The number of nitrogens with one attached hydrogen (secondary N) is 1.